The van der Waals surface area contributed by atoms with E-state index >= 15 is 0 Å². The molecule has 122 valence electrons. The number of ether oxygens (including phenoxy) is 1. The predicted molar refractivity (Wildman–Crippen MR) is 84.5 cm³/mol. The van der Waals surface area contributed by atoms with Crippen LogP contribution < -0.4 is 0 Å². The molecule has 2 heterocycles. The van der Waals surface area contributed by atoms with Crippen LogP contribution in [0, 0.1) is 0 Å². The fourth-order valence-electron chi connectivity index (χ4n) is 3.09. The third-order valence-corrected chi connectivity index (χ3v) is 4.64. The zero-order valence-corrected chi connectivity index (χ0v) is 14.1. The molecule has 21 heavy (non-hydrogen) atoms. The number of carbonyl (C=O) groups is 1. The van der Waals surface area contributed by atoms with Crippen molar-refractivity contribution in [2.75, 3.05) is 46.3 Å². The van der Waals surface area contributed by atoms with Crippen molar-refractivity contribution >= 4 is 6.09 Å². The lowest BCUT2D eigenvalue weighted by Crippen LogP contribution is -2.48. The Morgan fingerprint density at radius 1 is 1.00 bits per heavy atom. The third kappa shape index (κ3) is 4.85. The molecule has 2 saturated heterocycles. The van der Waals surface area contributed by atoms with Gasteiger partial charge in [0, 0.05) is 38.3 Å². The molecule has 1 amide bonds. The van der Waals surface area contributed by atoms with Gasteiger partial charge in [0.25, 0.3) is 0 Å². The number of nitrogens with zero attached hydrogens (tertiary/aromatic N) is 3. The summed E-state index contributed by atoms with van der Waals surface area (Å²) in [6.45, 7) is 12.4. The fourth-order valence-corrected chi connectivity index (χ4v) is 3.09. The van der Waals surface area contributed by atoms with Gasteiger partial charge in [-0.3, -0.25) is 4.90 Å². The van der Waals surface area contributed by atoms with E-state index in [9.17, 15) is 4.79 Å². The molecule has 0 saturated carbocycles. The first kappa shape index (κ1) is 16.6. The van der Waals surface area contributed by atoms with Crippen molar-refractivity contribution in [1.29, 1.82) is 0 Å². The maximum absolute atomic E-state index is 12.3. The van der Waals surface area contributed by atoms with Gasteiger partial charge >= 0.3 is 6.09 Å². The molecule has 0 N–H and O–H groups in total. The third-order valence-electron chi connectivity index (χ3n) is 4.64. The maximum Gasteiger partial charge on any atom is 0.410 e. The summed E-state index contributed by atoms with van der Waals surface area (Å²) in [6, 6.07) is 0. The van der Waals surface area contributed by atoms with Gasteiger partial charge in [-0.05, 0) is 53.6 Å². The average Bonchev–Trinajstić information content (AvgIpc) is 2.63. The van der Waals surface area contributed by atoms with Gasteiger partial charge in [-0.2, -0.15) is 0 Å². The van der Waals surface area contributed by atoms with E-state index in [0.717, 1.165) is 58.5 Å². The zero-order chi connectivity index (χ0) is 15.5. The molecule has 0 radical (unpaired) electrons. The van der Waals surface area contributed by atoms with Gasteiger partial charge in [0.15, 0.2) is 0 Å². The molecule has 0 aromatic carbocycles. The molecule has 2 rings (SSSR count). The largest absolute Gasteiger partial charge is 0.446 e. The number of hydrogen-bond donors (Lipinski definition) is 0. The first-order valence-corrected chi connectivity index (χ1v) is 8.25. The number of hydrogen-bond acceptors (Lipinski definition) is 4. The van der Waals surface area contributed by atoms with E-state index in [-0.39, 0.29) is 17.7 Å². The zero-order valence-electron chi connectivity index (χ0n) is 14.1. The number of rotatable bonds is 1. The summed E-state index contributed by atoms with van der Waals surface area (Å²) in [6.07, 6.45) is 2.93. The molecule has 5 heteroatoms. The number of piperidine rings is 1. The minimum Gasteiger partial charge on any atom is -0.446 e. The van der Waals surface area contributed by atoms with Crippen LogP contribution in [0.2, 0.25) is 0 Å². The fraction of sp³-hybridized carbons (Fsp3) is 0.938. The van der Waals surface area contributed by atoms with Crippen LogP contribution in [0.3, 0.4) is 0 Å². The standard InChI is InChI=1S/C16H31N3O2/c1-16(2,3)19-10-6-14(7-11-19)21-15(20)18-9-5-8-17(4)12-13-18/h14H,5-13H2,1-4H3. The molecular weight excluding hydrogens is 266 g/mol. The van der Waals surface area contributed by atoms with Gasteiger partial charge in [0.2, 0.25) is 0 Å². The Kier molecular flexibility index (Phi) is 5.49. The second kappa shape index (κ2) is 6.97. The molecule has 2 aliphatic heterocycles. The van der Waals surface area contributed by atoms with Crippen LogP contribution >= 0.6 is 0 Å². The first-order chi connectivity index (χ1) is 9.86. The summed E-state index contributed by atoms with van der Waals surface area (Å²) in [5.74, 6) is 0. The number of likely N-dealkylation sites (tertiary alicyclic amines) is 1. The quantitative estimate of drug-likeness (QED) is 0.742. The molecule has 0 spiro atoms. The Hall–Kier alpha value is -0.810. The summed E-state index contributed by atoms with van der Waals surface area (Å²) in [5.41, 5.74) is 0.213. The van der Waals surface area contributed by atoms with Gasteiger partial charge in [-0.1, -0.05) is 0 Å². The maximum atomic E-state index is 12.3. The highest BCUT2D eigenvalue weighted by molar-refractivity contribution is 5.67. The van der Waals surface area contributed by atoms with Crippen LogP contribution in [0.5, 0.6) is 0 Å². The summed E-state index contributed by atoms with van der Waals surface area (Å²) < 4.78 is 5.72. The van der Waals surface area contributed by atoms with Crippen LogP contribution in [0.25, 0.3) is 0 Å². The van der Waals surface area contributed by atoms with Crippen molar-refractivity contribution in [2.45, 2.75) is 51.7 Å². The minimum absolute atomic E-state index is 0.0945. The normalized spacial score (nSPS) is 23.9. The second-order valence-electron chi connectivity index (χ2n) is 7.38. The molecule has 0 aromatic heterocycles. The van der Waals surface area contributed by atoms with Crippen LogP contribution in [0.1, 0.15) is 40.0 Å². The molecular formula is C16H31N3O2. The highest BCUT2D eigenvalue weighted by Crippen LogP contribution is 2.22. The lowest BCUT2D eigenvalue weighted by atomic mass is 9.99. The van der Waals surface area contributed by atoms with Crippen molar-refractivity contribution in [3.63, 3.8) is 0 Å². The number of carbonyl (C=O) groups excluding carboxylic acids is 1. The van der Waals surface area contributed by atoms with Crippen molar-refractivity contribution < 1.29 is 9.53 Å². The summed E-state index contributed by atoms with van der Waals surface area (Å²) in [4.78, 5) is 18.9. The predicted octanol–water partition coefficient (Wildman–Crippen LogP) is 2.02. The Balaban J connectivity index is 1.76. The molecule has 2 aliphatic rings. The molecule has 0 unspecified atom stereocenters. The lowest BCUT2D eigenvalue weighted by Gasteiger charge is -2.40. The Labute approximate surface area is 129 Å². The molecule has 2 fully saturated rings. The van der Waals surface area contributed by atoms with Crippen LogP contribution in [-0.4, -0.2) is 78.8 Å². The van der Waals surface area contributed by atoms with E-state index in [1.807, 2.05) is 4.90 Å². The van der Waals surface area contributed by atoms with Crippen LogP contribution in [0.4, 0.5) is 4.79 Å². The lowest BCUT2D eigenvalue weighted by molar-refractivity contribution is 0.00830. The molecule has 0 aromatic rings. The van der Waals surface area contributed by atoms with E-state index in [2.05, 4.69) is 37.6 Å². The number of likely N-dealkylation sites (N-methyl/N-ethyl adjacent to an activating group) is 1. The smallest absolute Gasteiger partial charge is 0.410 e. The van der Waals surface area contributed by atoms with Gasteiger partial charge < -0.3 is 14.5 Å². The molecule has 0 aliphatic carbocycles. The van der Waals surface area contributed by atoms with Crippen molar-refractivity contribution in [2.24, 2.45) is 0 Å². The van der Waals surface area contributed by atoms with E-state index in [1.165, 1.54) is 0 Å². The summed E-state index contributed by atoms with van der Waals surface area (Å²) >= 11 is 0. The summed E-state index contributed by atoms with van der Waals surface area (Å²) in [5, 5.41) is 0. The molecule has 5 nitrogen and oxygen atoms in total. The van der Waals surface area contributed by atoms with Crippen molar-refractivity contribution in [3.8, 4) is 0 Å². The topological polar surface area (TPSA) is 36.0 Å². The average molecular weight is 297 g/mol. The van der Waals surface area contributed by atoms with Gasteiger partial charge in [0.1, 0.15) is 6.10 Å². The second-order valence-corrected chi connectivity index (χ2v) is 7.38. The monoisotopic (exact) mass is 297 g/mol. The van der Waals surface area contributed by atoms with Crippen LogP contribution in [-0.2, 0) is 4.74 Å². The van der Waals surface area contributed by atoms with Crippen molar-refractivity contribution in [1.82, 2.24) is 14.7 Å². The highest BCUT2D eigenvalue weighted by atomic mass is 16.6. The SMILES string of the molecule is CN1CCCN(C(=O)OC2CCN(C(C)(C)C)CC2)CC1. The molecule has 0 bridgehead atoms. The van der Waals surface area contributed by atoms with Gasteiger partial charge in [0.05, 0.1) is 0 Å². The van der Waals surface area contributed by atoms with Crippen molar-refractivity contribution in [3.05, 3.63) is 0 Å². The van der Waals surface area contributed by atoms with E-state index in [4.69, 9.17) is 4.74 Å². The first-order valence-electron chi connectivity index (χ1n) is 8.25. The summed E-state index contributed by atoms with van der Waals surface area (Å²) in [7, 11) is 2.11. The van der Waals surface area contributed by atoms with Gasteiger partial charge in [-0.25, -0.2) is 4.79 Å². The van der Waals surface area contributed by atoms with E-state index < -0.39 is 0 Å². The van der Waals surface area contributed by atoms with Gasteiger partial charge in [-0.15, -0.1) is 0 Å². The molecule has 0 atom stereocenters. The Morgan fingerprint density at radius 2 is 1.67 bits per heavy atom. The van der Waals surface area contributed by atoms with E-state index in [1.54, 1.807) is 0 Å². The Morgan fingerprint density at radius 3 is 2.29 bits per heavy atom. The highest BCUT2D eigenvalue weighted by Gasteiger charge is 2.29. The van der Waals surface area contributed by atoms with Crippen LogP contribution in [0.15, 0.2) is 0 Å². The number of amides is 1. The Bertz CT molecular complexity index is 346. The minimum atomic E-state index is -0.112. The van der Waals surface area contributed by atoms with E-state index in [0.29, 0.717) is 0 Å².